The van der Waals surface area contributed by atoms with Crippen molar-refractivity contribution in [3.8, 4) is 22.1 Å². The van der Waals surface area contributed by atoms with Crippen LogP contribution in [0.1, 0.15) is 34.5 Å². The van der Waals surface area contributed by atoms with Crippen molar-refractivity contribution in [2.75, 3.05) is 13.2 Å². The first-order valence-electron chi connectivity index (χ1n) is 9.68. The van der Waals surface area contributed by atoms with Gasteiger partial charge in [-0.3, -0.25) is 9.59 Å². The van der Waals surface area contributed by atoms with Gasteiger partial charge in [-0.15, -0.1) is 11.3 Å². The molecule has 0 N–H and O–H groups in total. The van der Waals surface area contributed by atoms with E-state index in [4.69, 9.17) is 14.2 Å². The second-order valence-corrected chi connectivity index (χ2v) is 7.81. The fourth-order valence-electron chi connectivity index (χ4n) is 3.01. The molecule has 0 aliphatic carbocycles. The van der Waals surface area contributed by atoms with Gasteiger partial charge in [-0.1, -0.05) is 29.8 Å². The molecule has 7 heteroatoms. The third kappa shape index (κ3) is 4.86. The fourth-order valence-corrected chi connectivity index (χ4v) is 3.82. The van der Waals surface area contributed by atoms with E-state index in [0.29, 0.717) is 36.0 Å². The van der Waals surface area contributed by atoms with Gasteiger partial charge in [-0.2, -0.15) is 0 Å². The van der Waals surface area contributed by atoms with Crippen molar-refractivity contribution in [3.05, 3.63) is 64.7 Å². The van der Waals surface area contributed by atoms with Crippen LogP contribution in [0.3, 0.4) is 0 Å². The summed E-state index contributed by atoms with van der Waals surface area (Å²) in [5, 5.41) is 2.76. The number of carbonyl (C=O) groups is 2. The van der Waals surface area contributed by atoms with Crippen LogP contribution in [0.25, 0.3) is 10.6 Å². The summed E-state index contributed by atoms with van der Waals surface area (Å²) in [4.78, 5) is 28.9. The Hall–Kier alpha value is -3.19. The number of benzene rings is 2. The molecule has 0 bridgehead atoms. The number of rotatable bonds is 7. The highest BCUT2D eigenvalue weighted by Gasteiger charge is 2.16. The molecule has 0 amide bonds. The number of ether oxygens (including phenoxy) is 3. The van der Waals surface area contributed by atoms with E-state index in [1.807, 2.05) is 36.6 Å². The Morgan fingerprint density at radius 2 is 1.80 bits per heavy atom. The Balaban J connectivity index is 1.26. The van der Waals surface area contributed by atoms with Crippen molar-refractivity contribution in [1.29, 1.82) is 0 Å². The lowest BCUT2D eigenvalue weighted by molar-refractivity contribution is -0.145. The number of carbonyl (C=O) groups excluding carboxylic acids is 2. The van der Waals surface area contributed by atoms with Crippen molar-refractivity contribution in [2.45, 2.75) is 26.4 Å². The van der Waals surface area contributed by atoms with Gasteiger partial charge < -0.3 is 14.2 Å². The summed E-state index contributed by atoms with van der Waals surface area (Å²) in [5.74, 6) is 0.623. The van der Waals surface area contributed by atoms with E-state index in [1.54, 1.807) is 18.2 Å². The smallest absolute Gasteiger partial charge is 0.306 e. The van der Waals surface area contributed by atoms with Gasteiger partial charge in [-0.25, -0.2) is 4.98 Å². The largest absolute Gasteiger partial charge is 0.486 e. The van der Waals surface area contributed by atoms with Crippen LogP contribution in [0.15, 0.2) is 47.8 Å². The summed E-state index contributed by atoms with van der Waals surface area (Å²) >= 11 is 1.51. The van der Waals surface area contributed by atoms with E-state index in [0.717, 1.165) is 10.6 Å². The number of hydrogen-bond donors (Lipinski definition) is 0. The van der Waals surface area contributed by atoms with E-state index in [2.05, 4.69) is 4.98 Å². The Bertz CT molecular complexity index is 1060. The van der Waals surface area contributed by atoms with Gasteiger partial charge in [0, 0.05) is 22.9 Å². The predicted molar refractivity (Wildman–Crippen MR) is 113 cm³/mol. The molecule has 154 valence electrons. The normalized spacial score (nSPS) is 12.4. The van der Waals surface area contributed by atoms with Crippen LogP contribution in [0.2, 0.25) is 0 Å². The Labute approximate surface area is 178 Å². The molecule has 0 spiro atoms. The molecule has 0 saturated carbocycles. The molecule has 4 rings (SSSR count). The molecule has 0 fully saturated rings. The summed E-state index contributed by atoms with van der Waals surface area (Å²) in [6.07, 6.45) is 0.0897. The molecule has 0 radical (unpaired) electrons. The molecule has 6 nitrogen and oxygen atoms in total. The Kier molecular flexibility index (Phi) is 6.09. The summed E-state index contributed by atoms with van der Waals surface area (Å²) < 4.78 is 16.2. The van der Waals surface area contributed by atoms with Crippen LogP contribution in [0, 0.1) is 6.92 Å². The van der Waals surface area contributed by atoms with Gasteiger partial charge in [0.25, 0.3) is 0 Å². The van der Waals surface area contributed by atoms with Crippen molar-refractivity contribution in [3.63, 3.8) is 0 Å². The molecule has 1 aliphatic heterocycles. The number of aryl methyl sites for hydroxylation is 1. The molecule has 0 saturated heterocycles. The average molecular weight is 423 g/mol. The Morgan fingerprint density at radius 1 is 1.03 bits per heavy atom. The quantitative estimate of drug-likeness (QED) is 0.409. The van der Waals surface area contributed by atoms with E-state index in [9.17, 15) is 9.59 Å². The first kappa shape index (κ1) is 20.1. The second kappa shape index (κ2) is 9.09. The standard InChI is InChI=1S/C23H21NO5S/c1-15-2-4-16(5-3-15)23-24-18(14-30-23)13-29-22(26)9-7-19(25)17-6-8-20-21(12-17)28-11-10-27-20/h2-6,8,12,14H,7,9-11,13H2,1H3. The molecule has 0 unspecified atom stereocenters. The van der Waals surface area contributed by atoms with Crippen LogP contribution in [0.4, 0.5) is 0 Å². The molecule has 30 heavy (non-hydrogen) atoms. The topological polar surface area (TPSA) is 74.7 Å². The lowest BCUT2D eigenvalue weighted by Crippen LogP contribution is -2.16. The molecule has 1 aromatic heterocycles. The highest BCUT2D eigenvalue weighted by molar-refractivity contribution is 7.13. The highest BCUT2D eigenvalue weighted by atomic mass is 32.1. The monoisotopic (exact) mass is 423 g/mol. The number of aromatic nitrogens is 1. The van der Waals surface area contributed by atoms with E-state index >= 15 is 0 Å². The van der Waals surface area contributed by atoms with Gasteiger partial charge in [-0.05, 0) is 25.1 Å². The number of nitrogens with zero attached hydrogens (tertiary/aromatic N) is 1. The SMILES string of the molecule is Cc1ccc(-c2nc(COC(=O)CCC(=O)c3ccc4c(c3)OCCO4)cs2)cc1. The zero-order valence-corrected chi connectivity index (χ0v) is 17.4. The van der Waals surface area contributed by atoms with Crippen molar-refractivity contribution in [2.24, 2.45) is 0 Å². The Morgan fingerprint density at radius 3 is 2.60 bits per heavy atom. The number of fused-ring (bicyclic) bond motifs is 1. The minimum Gasteiger partial charge on any atom is -0.486 e. The summed E-state index contributed by atoms with van der Waals surface area (Å²) in [6.45, 7) is 3.09. The van der Waals surface area contributed by atoms with Gasteiger partial charge in [0.05, 0.1) is 12.1 Å². The third-order valence-electron chi connectivity index (χ3n) is 4.65. The van der Waals surface area contributed by atoms with E-state index in [-0.39, 0.29) is 25.2 Å². The number of esters is 1. The lowest BCUT2D eigenvalue weighted by Gasteiger charge is -2.18. The molecule has 1 aliphatic rings. The van der Waals surface area contributed by atoms with Crippen LogP contribution < -0.4 is 9.47 Å². The van der Waals surface area contributed by atoms with Gasteiger partial charge in [0.1, 0.15) is 24.8 Å². The van der Waals surface area contributed by atoms with Gasteiger partial charge in [0.15, 0.2) is 17.3 Å². The zero-order chi connectivity index (χ0) is 20.9. The van der Waals surface area contributed by atoms with Crippen LogP contribution in [-0.4, -0.2) is 30.0 Å². The van der Waals surface area contributed by atoms with Gasteiger partial charge in [0.2, 0.25) is 0 Å². The fraction of sp³-hybridized carbons (Fsp3) is 0.261. The lowest BCUT2D eigenvalue weighted by atomic mass is 10.1. The average Bonchev–Trinajstić information content (AvgIpc) is 3.25. The molecule has 2 aromatic carbocycles. The number of Topliss-reactive ketones (excluding diaryl/α,β-unsaturated/α-hetero) is 1. The first-order chi connectivity index (χ1) is 14.6. The molecule has 0 atom stereocenters. The van der Waals surface area contributed by atoms with Crippen molar-refractivity contribution < 1.29 is 23.8 Å². The van der Waals surface area contributed by atoms with Crippen LogP contribution >= 0.6 is 11.3 Å². The maximum atomic E-state index is 12.4. The minimum atomic E-state index is -0.425. The number of thiazole rings is 1. The van der Waals surface area contributed by atoms with Crippen molar-refractivity contribution in [1.82, 2.24) is 4.98 Å². The summed E-state index contributed by atoms with van der Waals surface area (Å²) in [7, 11) is 0. The van der Waals surface area contributed by atoms with Crippen molar-refractivity contribution >= 4 is 23.1 Å². The number of ketones is 1. The molecular weight excluding hydrogens is 402 g/mol. The molecule has 2 heterocycles. The van der Waals surface area contributed by atoms with Gasteiger partial charge >= 0.3 is 5.97 Å². The predicted octanol–water partition coefficient (Wildman–Crippen LogP) is 4.60. The van der Waals surface area contributed by atoms with E-state index in [1.165, 1.54) is 16.9 Å². The zero-order valence-electron chi connectivity index (χ0n) is 16.6. The summed E-state index contributed by atoms with van der Waals surface area (Å²) in [5.41, 5.74) is 3.42. The van der Waals surface area contributed by atoms with Crippen LogP contribution in [0.5, 0.6) is 11.5 Å². The second-order valence-electron chi connectivity index (χ2n) is 6.95. The van der Waals surface area contributed by atoms with Crippen LogP contribution in [-0.2, 0) is 16.1 Å². The minimum absolute atomic E-state index is 0.0161. The highest BCUT2D eigenvalue weighted by Crippen LogP contribution is 2.31. The van der Waals surface area contributed by atoms with E-state index < -0.39 is 5.97 Å². The molecule has 3 aromatic rings. The maximum absolute atomic E-state index is 12.4. The summed E-state index contributed by atoms with van der Waals surface area (Å²) in [6, 6.07) is 13.2. The first-order valence-corrected chi connectivity index (χ1v) is 10.6. The maximum Gasteiger partial charge on any atom is 0.306 e. The molecular formula is C23H21NO5S. The number of hydrogen-bond acceptors (Lipinski definition) is 7. The third-order valence-corrected chi connectivity index (χ3v) is 5.59.